The standard InChI is InChI=1S/C26H22N4O2.H3N/c1-18-12-14-20(15-13-18)26(32)28-23(25(27)31)16-21-17-30(22-10-6-3-7-11-22)29-24(21)19-8-4-2-5-9-19;/h2-17H,1H3,(H2,27,31)(H,28,32);1H3/b23-16-;. The Kier molecular flexibility index (Phi) is 7.17. The fraction of sp³-hybridized carbons (Fsp3) is 0.0385. The van der Waals surface area contributed by atoms with Crippen LogP contribution in [-0.4, -0.2) is 21.6 Å². The number of benzene rings is 3. The number of nitrogens with two attached hydrogens (primary N) is 1. The Morgan fingerprint density at radius 1 is 0.909 bits per heavy atom. The molecule has 0 radical (unpaired) electrons. The number of aromatic nitrogens is 2. The number of carbonyl (C=O) groups excluding carboxylic acids is 2. The first-order valence-corrected chi connectivity index (χ1v) is 10.1. The first-order valence-electron chi connectivity index (χ1n) is 10.1. The first kappa shape index (κ1) is 23.2. The fourth-order valence-electron chi connectivity index (χ4n) is 3.25. The highest BCUT2D eigenvalue weighted by atomic mass is 16.2. The lowest BCUT2D eigenvalue weighted by Crippen LogP contribution is -2.31. The SMILES string of the molecule is Cc1ccc(C(=O)N/C(=C\c2cn(-c3ccccc3)nc2-c2ccccc2)C(N)=O)cc1.N. The molecule has 0 saturated carbocycles. The molecule has 0 fully saturated rings. The average Bonchev–Trinajstić information content (AvgIpc) is 3.24. The number of nitrogens with one attached hydrogen (secondary N) is 1. The Morgan fingerprint density at radius 2 is 1.52 bits per heavy atom. The Hall–Kier alpha value is -4.49. The molecule has 2 amide bonds. The van der Waals surface area contributed by atoms with Gasteiger partial charge in [0.1, 0.15) is 11.4 Å². The smallest absolute Gasteiger partial charge is 0.265 e. The molecular weight excluding hydrogens is 414 g/mol. The number of aryl methyl sites for hydroxylation is 1. The zero-order valence-electron chi connectivity index (χ0n) is 18.2. The van der Waals surface area contributed by atoms with Crippen LogP contribution in [0.25, 0.3) is 23.0 Å². The van der Waals surface area contributed by atoms with Crippen molar-refractivity contribution in [2.45, 2.75) is 6.92 Å². The zero-order chi connectivity index (χ0) is 22.5. The van der Waals surface area contributed by atoms with Crippen molar-refractivity contribution in [1.82, 2.24) is 21.2 Å². The number of nitrogens with zero attached hydrogens (tertiary/aromatic N) is 2. The summed E-state index contributed by atoms with van der Waals surface area (Å²) in [7, 11) is 0. The second-order valence-electron chi connectivity index (χ2n) is 7.32. The van der Waals surface area contributed by atoms with E-state index in [0.29, 0.717) is 16.8 Å². The molecule has 0 atom stereocenters. The molecule has 1 aromatic heterocycles. The van der Waals surface area contributed by atoms with Gasteiger partial charge in [0.25, 0.3) is 11.8 Å². The molecule has 0 aliphatic heterocycles. The van der Waals surface area contributed by atoms with E-state index in [-0.39, 0.29) is 11.8 Å². The molecule has 7 nitrogen and oxygen atoms in total. The Morgan fingerprint density at radius 3 is 2.12 bits per heavy atom. The quantitative estimate of drug-likeness (QED) is 0.388. The van der Waals surface area contributed by atoms with Crippen LogP contribution in [0.1, 0.15) is 21.5 Å². The predicted octanol–water partition coefficient (Wildman–Crippen LogP) is 4.27. The third-order valence-corrected chi connectivity index (χ3v) is 4.94. The normalized spacial score (nSPS) is 10.9. The van der Waals surface area contributed by atoms with Gasteiger partial charge in [-0.05, 0) is 37.3 Å². The predicted molar refractivity (Wildman–Crippen MR) is 130 cm³/mol. The highest BCUT2D eigenvalue weighted by Crippen LogP contribution is 2.25. The maximum Gasteiger partial charge on any atom is 0.265 e. The molecular formula is C26H25N5O2. The van der Waals surface area contributed by atoms with Gasteiger partial charge in [-0.15, -0.1) is 0 Å². The summed E-state index contributed by atoms with van der Waals surface area (Å²) in [5, 5.41) is 7.36. The fourth-order valence-corrected chi connectivity index (χ4v) is 3.25. The van der Waals surface area contributed by atoms with E-state index in [4.69, 9.17) is 10.8 Å². The van der Waals surface area contributed by atoms with Crippen molar-refractivity contribution in [3.8, 4) is 16.9 Å². The maximum atomic E-state index is 12.7. The van der Waals surface area contributed by atoms with Crippen LogP contribution in [0.3, 0.4) is 0 Å². The van der Waals surface area contributed by atoms with E-state index < -0.39 is 11.8 Å². The van der Waals surface area contributed by atoms with Gasteiger partial charge in [0.2, 0.25) is 0 Å². The topological polar surface area (TPSA) is 125 Å². The number of hydrogen-bond acceptors (Lipinski definition) is 4. The molecule has 0 saturated heterocycles. The van der Waals surface area contributed by atoms with Crippen LogP contribution < -0.4 is 17.2 Å². The lowest BCUT2D eigenvalue weighted by Gasteiger charge is -2.07. The van der Waals surface area contributed by atoms with Crippen molar-refractivity contribution in [3.63, 3.8) is 0 Å². The molecule has 0 aliphatic carbocycles. The average molecular weight is 440 g/mol. The highest BCUT2D eigenvalue weighted by Gasteiger charge is 2.16. The summed E-state index contributed by atoms with van der Waals surface area (Å²) in [5.74, 6) is -1.15. The summed E-state index contributed by atoms with van der Waals surface area (Å²) in [6.45, 7) is 1.94. The Bertz CT molecular complexity index is 1280. The van der Waals surface area contributed by atoms with Crippen LogP contribution in [0.5, 0.6) is 0 Å². The first-order chi connectivity index (χ1) is 15.5. The van der Waals surface area contributed by atoms with E-state index in [1.54, 1.807) is 29.1 Å². The largest absolute Gasteiger partial charge is 0.364 e. The minimum Gasteiger partial charge on any atom is -0.364 e. The molecule has 0 aliphatic rings. The van der Waals surface area contributed by atoms with Crippen LogP contribution in [0.2, 0.25) is 0 Å². The van der Waals surface area contributed by atoms with Gasteiger partial charge in [0.15, 0.2) is 0 Å². The summed E-state index contributed by atoms with van der Waals surface area (Å²) in [4.78, 5) is 24.8. The van der Waals surface area contributed by atoms with E-state index in [1.165, 1.54) is 0 Å². The van der Waals surface area contributed by atoms with Gasteiger partial charge in [0, 0.05) is 22.9 Å². The molecule has 33 heavy (non-hydrogen) atoms. The number of rotatable bonds is 6. The monoisotopic (exact) mass is 439 g/mol. The van der Waals surface area contributed by atoms with Gasteiger partial charge in [0.05, 0.1) is 5.69 Å². The Balaban J connectivity index is 0.00000306. The molecule has 0 unspecified atom stereocenters. The summed E-state index contributed by atoms with van der Waals surface area (Å²) in [6, 6.07) is 26.3. The molecule has 6 N–H and O–H groups in total. The number of para-hydroxylation sites is 1. The number of hydrogen-bond donors (Lipinski definition) is 3. The van der Waals surface area contributed by atoms with Gasteiger partial charge in [-0.1, -0.05) is 66.2 Å². The van der Waals surface area contributed by atoms with Crippen molar-refractivity contribution in [1.29, 1.82) is 0 Å². The number of amides is 2. The third-order valence-electron chi connectivity index (χ3n) is 4.94. The van der Waals surface area contributed by atoms with Crippen LogP contribution >= 0.6 is 0 Å². The zero-order valence-corrected chi connectivity index (χ0v) is 18.2. The van der Waals surface area contributed by atoms with Crippen molar-refractivity contribution in [2.75, 3.05) is 0 Å². The van der Waals surface area contributed by atoms with Crippen molar-refractivity contribution in [2.24, 2.45) is 5.73 Å². The van der Waals surface area contributed by atoms with Crippen molar-refractivity contribution in [3.05, 3.63) is 114 Å². The van der Waals surface area contributed by atoms with Crippen molar-refractivity contribution < 1.29 is 9.59 Å². The molecule has 4 rings (SSSR count). The minimum atomic E-state index is -0.739. The van der Waals surface area contributed by atoms with E-state index in [9.17, 15) is 9.59 Å². The molecule has 0 spiro atoms. The highest BCUT2D eigenvalue weighted by molar-refractivity contribution is 6.05. The summed E-state index contributed by atoms with van der Waals surface area (Å²) in [5.41, 5.74) is 10.1. The third kappa shape index (κ3) is 5.41. The number of carbonyl (C=O) groups is 2. The summed E-state index contributed by atoms with van der Waals surface area (Å²) >= 11 is 0. The molecule has 0 bridgehead atoms. The van der Waals surface area contributed by atoms with Gasteiger partial charge in [-0.25, -0.2) is 4.68 Å². The van der Waals surface area contributed by atoms with E-state index in [1.807, 2.05) is 79.7 Å². The van der Waals surface area contributed by atoms with E-state index in [0.717, 1.165) is 16.8 Å². The molecule has 1 heterocycles. The number of primary amides is 1. The molecule has 166 valence electrons. The lowest BCUT2D eigenvalue weighted by atomic mass is 10.1. The van der Waals surface area contributed by atoms with Gasteiger partial charge in [-0.2, -0.15) is 5.10 Å². The van der Waals surface area contributed by atoms with E-state index >= 15 is 0 Å². The van der Waals surface area contributed by atoms with Crippen LogP contribution in [0, 0.1) is 6.92 Å². The molecule has 3 aromatic carbocycles. The lowest BCUT2D eigenvalue weighted by molar-refractivity contribution is -0.114. The van der Waals surface area contributed by atoms with Gasteiger partial charge < -0.3 is 17.2 Å². The maximum absolute atomic E-state index is 12.7. The van der Waals surface area contributed by atoms with Crippen LogP contribution in [0.4, 0.5) is 0 Å². The van der Waals surface area contributed by atoms with Crippen LogP contribution in [-0.2, 0) is 4.79 Å². The second kappa shape index (κ2) is 10.2. The van der Waals surface area contributed by atoms with Gasteiger partial charge in [-0.3, -0.25) is 9.59 Å². The summed E-state index contributed by atoms with van der Waals surface area (Å²) < 4.78 is 1.73. The van der Waals surface area contributed by atoms with Gasteiger partial charge >= 0.3 is 0 Å². The second-order valence-corrected chi connectivity index (χ2v) is 7.32. The van der Waals surface area contributed by atoms with Crippen molar-refractivity contribution >= 4 is 17.9 Å². The Labute approximate surface area is 192 Å². The summed E-state index contributed by atoms with van der Waals surface area (Å²) in [6.07, 6.45) is 3.36. The minimum absolute atomic E-state index is 0. The van der Waals surface area contributed by atoms with E-state index in [2.05, 4.69) is 5.32 Å². The van der Waals surface area contributed by atoms with Crippen LogP contribution in [0.15, 0.2) is 96.8 Å². The molecule has 4 aromatic rings. The molecule has 7 heteroatoms.